The summed E-state index contributed by atoms with van der Waals surface area (Å²) in [5.41, 5.74) is 3.43. The molecule has 0 heterocycles. The van der Waals surface area contributed by atoms with E-state index in [0.717, 1.165) is 16.7 Å². The van der Waals surface area contributed by atoms with E-state index in [2.05, 4.69) is 4.74 Å². The molecule has 0 aromatic heterocycles. The van der Waals surface area contributed by atoms with Crippen LogP contribution in [0.2, 0.25) is 0 Å². The van der Waals surface area contributed by atoms with Gasteiger partial charge in [0.05, 0.1) is 13.5 Å². The number of hydrogen-bond acceptors (Lipinski definition) is 3. The van der Waals surface area contributed by atoms with Gasteiger partial charge in [-0.2, -0.15) is 0 Å². The number of nitrogens with zero attached hydrogens (tertiary/aromatic N) is 1. The zero-order chi connectivity index (χ0) is 16.1. The van der Waals surface area contributed by atoms with Gasteiger partial charge in [0.25, 0.3) is 5.91 Å². The van der Waals surface area contributed by atoms with Crippen molar-refractivity contribution < 1.29 is 14.3 Å². The first-order valence-electron chi connectivity index (χ1n) is 6.99. The largest absolute Gasteiger partial charge is 0.469 e. The summed E-state index contributed by atoms with van der Waals surface area (Å²) in [5.74, 6) is -0.304. The molecule has 2 aromatic rings. The Morgan fingerprint density at radius 2 is 1.64 bits per heavy atom. The highest BCUT2D eigenvalue weighted by molar-refractivity contribution is 5.95. The third-order valence-corrected chi connectivity index (χ3v) is 3.35. The number of carbonyl (C=O) groups excluding carboxylic acids is 2. The Labute approximate surface area is 130 Å². The third-order valence-electron chi connectivity index (χ3n) is 3.35. The van der Waals surface area contributed by atoms with E-state index in [0.29, 0.717) is 5.56 Å². The van der Waals surface area contributed by atoms with Crippen molar-refractivity contribution in [3.05, 3.63) is 59.7 Å². The van der Waals surface area contributed by atoms with E-state index in [1.165, 1.54) is 7.11 Å². The van der Waals surface area contributed by atoms with Crippen molar-refractivity contribution in [1.82, 2.24) is 4.90 Å². The number of methoxy groups -OCH3 is 1. The maximum absolute atomic E-state index is 12.0. The average molecular weight is 297 g/mol. The zero-order valence-corrected chi connectivity index (χ0v) is 13.0. The van der Waals surface area contributed by atoms with E-state index in [-0.39, 0.29) is 18.3 Å². The highest BCUT2D eigenvalue weighted by atomic mass is 16.5. The number of hydrogen-bond donors (Lipinski definition) is 0. The molecule has 114 valence electrons. The molecular weight excluding hydrogens is 278 g/mol. The molecule has 0 unspecified atom stereocenters. The van der Waals surface area contributed by atoms with Gasteiger partial charge in [-0.1, -0.05) is 36.4 Å². The van der Waals surface area contributed by atoms with Crippen LogP contribution in [0.4, 0.5) is 0 Å². The van der Waals surface area contributed by atoms with Gasteiger partial charge >= 0.3 is 5.97 Å². The number of esters is 1. The number of benzene rings is 2. The molecule has 0 bridgehead atoms. The minimum absolute atomic E-state index is 0.0347. The fourth-order valence-corrected chi connectivity index (χ4v) is 2.19. The summed E-state index contributed by atoms with van der Waals surface area (Å²) < 4.78 is 4.69. The summed E-state index contributed by atoms with van der Waals surface area (Å²) in [4.78, 5) is 25.0. The minimum atomic E-state index is -0.270. The maximum Gasteiger partial charge on any atom is 0.309 e. The fraction of sp³-hybridized carbons (Fsp3) is 0.222. The molecule has 0 aliphatic heterocycles. The zero-order valence-electron chi connectivity index (χ0n) is 13.0. The second-order valence-electron chi connectivity index (χ2n) is 5.23. The summed E-state index contributed by atoms with van der Waals surface area (Å²) in [6, 6.07) is 15.1. The third kappa shape index (κ3) is 3.73. The second-order valence-corrected chi connectivity index (χ2v) is 5.23. The van der Waals surface area contributed by atoms with Crippen LogP contribution in [0.5, 0.6) is 0 Å². The summed E-state index contributed by atoms with van der Waals surface area (Å²) in [5, 5.41) is 0. The van der Waals surface area contributed by atoms with E-state index >= 15 is 0 Å². The molecule has 0 saturated carbocycles. The first kappa shape index (κ1) is 15.8. The maximum atomic E-state index is 12.0. The van der Waals surface area contributed by atoms with Gasteiger partial charge in [0.15, 0.2) is 0 Å². The Balaban J connectivity index is 2.32. The number of rotatable bonds is 4. The van der Waals surface area contributed by atoms with Gasteiger partial charge in [0.1, 0.15) is 0 Å². The van der Waals surface area contributed by atoms with Gasteiger partial charge in [-0.05, 0) is 28.8 Å². The van der Waals surface area contributed by atoms with E-state index in [1.54, 1.807) is 25.1 Å². The molecule has 0 aliphatic carbocycles. The molecule has 0 N–H and O–H groups in total. The SMILES string of the molecule is COC(=O)Cc1cccc(-c2cccc(C(=O)N(C)C)c2)c1. The van der Waals surface area contributed by atoms with Crippen LogP contribution in [0.15, 0.2) is 48.5 Å². The Hall–Kier alpha value is -2.62. The molecule has 4 nitrogen and oxygen atoms in total. The molecule has 2 aromatic carbocycles. The van der Waals surface area contributed by atoms with Gasteiger partial charge in [0.2, 0.25) is 0 Å². The molecule has 0 saturated heterocycles. The van der Waals surface area contributed by atoms with Gasteiger partial charge in [-0.3, -0.25) is 9.59 Å². The number of amides is 1. The van der Waals surface area contributed by atoms with E-state index in [4.69, 9.17) is 0 Å². The molecule has 0 aliphatic rings. The lowest BCUT2D eigenvalue weighted by Crippen LogP contribution is -2.21. The van der Waals surface area contributed by atoms with Crippen molar-refractivity contribution in [3.8, 4) is 11.1 Å². The Bertz CT molecular complexity index is 692. The average Bonchev–Trinajstić information content (AvgIpc) is 2.54. The van der Waals surface area contributed by atoms with Gasteiger partial charge < -0.3 is 9.64 Å². The Morgan fingerprint density at radius 3 is 2.27 bits per heavy atom. The van der Waals surface area contributed by atoms with Crippen LogP contribution in [0.3, 0.4) is 0 Å². The molecule has 4 heteroatoms. The van der Waals surface area contributed by atoms with Crippen molar-refractivity contribution in [2.24, 2.45) is 0 Å². The predicted molar refractivity (Wildman–Crippen MR) is 85.6 cm³/mol. The van der Waals surface area contributed by atoms with Crippen molar-refractivity contribution in [2.45, 2.75) is 6.42 Å². The predicted octanol–water partition coefficient (Wildman–Crippen LogP) is 2.77. The van der Waals surface area contributed by atoms with Crippen molar-refractivity contribution >= 4 is 11.9 Å². The molecule has 0 spiro atoms. The highest BCUT2D eigenvalue weighted by Gasteiger charge is 2.10. The lowest BCUT2D eigenvalue weighted by molar-refractivity contribution is -0.139. The first-order chi connectivity index (χ1) is 10.5. The topological polar surface area (TPSA) is 46.6 Å². The standard InChI is InChI=1S/C18H19NO3/c1-19(2)18(21)16-9-5-8-15(12-16)14-7-4-6-13(10-14)11-17(20)22-3/h4-10,12H,11H2,1-3H3. The van der Waals surface area contributed by atoms with Gasteiger partial charge in [-0.25, -0.2) is 0 Å². The molecule has 22 heavy (non-hydrogen) atoms. The highest BCUT2D eigenvalue weighted by Crippen LogP contribution is 2.22. The normalized spacial score (nSPS) is 10.1. The van der Waals surface area contributed by atoms with Crippen molar-refractivity contribution in [1.29, 1.82) is 0 Å². The number of carbonyl (C=O) groups is 2. The van der Waals surface area contributed by atoms with E-state index < -0.39 is 0 Å². The molecule has 2 rings (SSSR count). The Kier molecular flexibility index (Phi) is 4.94. The molecule has 0 fully saturated rings. The van der Waals surface area contributed by atoms with E-state index in [1.807, 2.05) is 42.5 Å². The van der Waals surface area contributed by atoms with Crippen LogP contribution >= 0.6 is 0 Å². The lowest BCUT2D eigenvalue weighted by Gasteiger charge is -2.11. The molecule has 0 atom stereocenters. The van der Waals surface area contributed by atoms with Crippen molar-refractivity contribution in [3.63, 3.8) is 0 Å². The van der Waals surface area contributed by atoms with Crippen LogP contribution in [-0.2, 0) is 16.0 Å². The molecule has 1 amide bonds. The van der Waals surface area contributed by atoms with Crippen LogP contribution in [-0.4, -0.2) is 38.0 Å². The first-order valence-corrected chi connectivity index (χ1v) is 6.99. The van der Waals surface area contributed by atoms with Crippen molar-refractivity contribution in [2.75, 3.05) is 21.2 Å². The van der Waals surface area contributed by atoms with Crippen LogP contribution in [0.1, 0.15) is 15.9 Å². The fourth-order valence-electron chi connectivity index (χ4n) is 2.19. The molecule has 0 radical (unpaired) electrons. The van der Waals surface area contributed by atoms with Crippen LogP contribution in [0, 0.1) is 0 Å². The Morgan fingerprint density at radius 1 is 1.00 bits per heavy atom. The monoisotopic (exact) mass is 297 g/mol. The quantitative estimate of drug-likeness (QED) is 0.815. The van der Waals surface area contributed by atoms with E-state index in [9.17, 15) is 9.59 Å². The summed E-state index contributed by atoms with van der Waals surface area (Å²) >= 11 is 0. The lowest BCUT2D eigenvalue weighted by atomic mass is 10.00. The summed E-state index contributed by atoms with van der Waals surface area (Å²) in [6.07, 6.45) is 0.237. The second kappa shape index (κ2) is 6.89. The minimum Gasteiger partial charge on any atom is -0.469 e. The number of ether oxygens (including phenoxy) is 1. The summed E-state index contributed by atoms with van der Waals surface area (Å²) in [7, 11) is 4.83. The van der Waals surface area contributed by atoms with Gasteiger partial charge in [0, 0.05) is 19.7 Å². The summed E-state index contributed by atoms with van der Waals surface area (Å²) in [6.45, 7) is 0. The smallest absolute Gasteiger partial charge is 0.309 e. The van der Waals surface area contributed by atoms with Gasteiger partial charge in [-0.15, -0.1) is 0 Å². The van der Waals surface area contributed by atoms with Crippen LogP contribution in [0.25, 0.3) is 11.1 Å². The molecular formula is C18H19NO3. The van der Waals surface area contributed by atoms with Crippen LogP contribution < -0.4 is 0 Å².